The van der Waals surface area contributed by atoms with Gasteiger partial charge in [-0.15, -0.1) is 0 Å². The molecule has 1 aromatic heterocycles. The summed E-state index contributed by atoms with van der Waals surface area (Å²) in [4.78, 5) is 4.37. The predicted octanol–water partition coefficient (Wildman–Crippen LogP) is 3.12. The molecule has 3 heteroatoms. The standard InChI is InChI=1S/C10H15ClN2/c1-13-9(11)7-12-10(13)8-5-3-2-4-6-8/h7-8H,2-6H2,1H3. The van der Waals surface area contributed by atoms with Gasteiger partial charge in [0, 0.05) is 13.0 Å². The van der Waals surface area contributed by atoms with Crippen molar-refractivity contribution < 1.29 is 0 Å². The average Bonchev–Trinajstić information content (AvgIpc) is 2.49. The highest BCUT2D eigenvalue weighted by molar-refractivity contribution is 6.29. The van der Waals surface area contributed by atoms with Crippen LogP contribution in [0.4, 0.5) is 0 Å². The molecular weight excluding hydrogens is 184 g/mol. The van der Waals surface area contributed by atoms with Crippen LogP contribution in [0.2, 0.25) is 5.15 Å². The van der Waals surface area contributed by atoms with Gasteiger partial charge in [0.1, 0.15) is 11.0 Å². The second-order valence-corrected chi connectivity index (χ2v) is 4.22. The summed E-state index contributed by atoms with van der Waals surface area (Å²) in [5.41, 5.74) is 0. The lowest BCUT2D eigenvalue weighted by molar-refractivity contribution is 0.421. The van der Waals surface area contributed by atoms with Crippen molar-refractivity contribution in [3.05, 3.63) is 17.2 Å². The molecule has 0 atom stereocenters. The average molecular weight is 199 g/mol. The van der Waals surface area contributed by atoms with Crippen molar-refractivity contribution >= 4 is 11.6 Å². The van der Waals surface area contributed by atoms with Gasteiger partial charge in [-0.25, -0.2) is 4.98 Å². The molecule has 0 amide bonds. The van der Waals surface area contributed by atoms with Crippen molar-refractivity contribution in [3.8, 4) is 0 Å². The van der Waals surface area contributed by atoms with Crippen LogP contribution in [0.1, 0.15) is 43.8 Å². The van der Waals surface area contributed by atoms with Crippen molar-refractivity contribution in [2.24, 2.45) is 7.05 Å². The third-order valence-electron chi connectivity index (χ3n) is 2.94. The highest BCUT2D eigenvalue weighted by Crippen LogP contribution is 2.32. The lowest BCUT2D eigenvalue weighted by atomic mass is 9.89. The van der Waals surface area contributed by atoms with E-state index in [1.807, 2.05) is 11.6 Å². The molecule has 2 rings (SSSR count). The molecule has 0 aliphatic heterocycles. The zero-order valence-corrected chi connectivity index (χ0v) is 8.72. The highest BCUT2D eigenvalue weighted by Gasteiger charge is 2.19. The number of aromatic nitrogens is 2. The van der Waals surface area contributed by atoms with Crippen LogP contribution in [0.3, 0.4) is 0 Å². The smallest absolute Gasteiger partial charge is 0.128 e. The van der Waals surface area contributed by atoms with E-state index in [1.165, 1.54) is 37.9 Å². The lowest BCUT2D eigenvalue weighted by Crippen LogP contribution is -2.10. The van der Waals surface area contributed by atoms with Crippen molar-refractivity contribution in [2.45, 2.75) is 38.0 Å². The monoisotopic (exact) mass is 198 g/mol. The quantitative estimate of drug-likeness (QED) is 0.678. The van der Waals surface area contributed by atoms with E-state index in [1.54, 1.807) is 6.20 Å². The predicted molar refractivity (Wildman–Crippen MR) is 54.0 cm³/mol. The van der Waals surface area contributed by atoms with Crippen LogP contribution >= 0.6 is 11.6 Å². The van der Waals surface area contributed by atoms with Crippen LogP contribution in [0.15, 0.2) is 6.20 Å². The van der Waals surface area contributed by atoms with Crippen LogP contribution in [-0.2, 0) is 7.05 Å². The maximum Gasteiger partial charge on any atom is 0.128 e. The summed E-state index contributed by atoms with van der Waals surface area (Å²) in [7, 11) is 2.00. The van der Waals surface area contributed by atoms with Gasteiger partial charge in [-0.05, 0) is 12.8 Å². The van der Waals surface area contributed by atoms with Gasteiger partial charge >= 0.3 is 0 Å². The minimum absolute atomic E-state index is 0.645. The fourth-order valence-corrected chi connectivity index (χ4v) is 2.28. The minimum Gasteiger partial charge on any atom is -0.322 e. The Balaban J connectivity index is 2.18. The number of imidazole rings is 1. The van der Waals surface area contributed by atoms with E-state index in [0.29, 0.717) is 5.92 Å². The SMILES string of the molecule is Cn1c(Cl)cnc1C1CCCCC1. The van der Waals surface area contributed by atoms with Gasteiger partial charge in [-0.1, -0.05) is 30.9 Å². The summed E-state index contributed by atoms with van der Waals surface area (Å²) in [6, 6.07) is 0. The molecule has 72 valence electrons. The highest BCUT2D eigenvalue weighted by atomic mass is 35.5. The van der Waals surface area contributed by atoms with Crippen molar-refractivity contribution in [3.63, 3.8) is 0 Å². The minimum atomic E-state index is 0.645. The summed E-state index contributed by atoms with van der Waals surface area (Å²) in [6.07, 6.45) is 8.38. The van der Waals surface area contributed by atoms with Crippen LogP contribution in [0.5, 0.6) is 0 Å². The Morgan fingerprint density at radius 2 is 2.08 bits per heavy atom. The summed E-state index contributed by atoms with van der Waals surface area (Å²) in [5, 5.41) is 0.751. The van der Waals surface area contributed by atoms with Gasteiger partial charge in [-0.2, -0.15) is 0 Å². The topological polar surface area (TPSA) is 17.8 Å². The van der Waals surface area contributed by atoms with E-state index in [9.17, 15) is 0 Å². The Labute approximate surface area is 83.9 Å². The first-order chi connectivity index (χ1) is 6.29. The molecule has 1 heterocycles. The molecule has 0 saturated heterocycles. The van der Waals surface area contributed by atoms with E-state index in [0.717, 1.165) is 5.15 Å². The molecule has 1 aromatic rings. The first kappa shape index (κ1) is 9.07. The molecule has 1 aliphatic carbocycles. The Morgan fingerprint density at radius 3 is 2.62 bits per heavy atom. The lowest BCUT2D eigenvalue weighted by Gasteiger charge is -2.20. The van der Waals surface area contributed by atoms with Gasteiger partial charge in [0.05, 0.1) is 6.20 Å². The molecule has 13 heavy (non-hydrogen) atoms. The number of hydrogen-bond donors (Lipinski definition) is 0. The van der Waals surface area contributed by atoms with Crippen LogP contribution < -0.4 is 0 Å². The van der Waals surface area contributed by atoms with Crippen molar-refractivity contribution in [2.75, 3.05) is 0 Å². The second kappa shape index (κ2) is 3.70. The molecule has 0 aromatic carbocycles. The molecule has 0 radical (unpaired) electrons. The van der Waals surface area contributed by atoms with Gasteiger partial charge in [0.15, 0.2) is 0 Å². The fourth-order valence-electron chi connectivity index (χ4n) is 2.14. The van der Waals surface area contributed by atoms with E-state index in [2.05, 4.69) is 4.98 Å². The van der Waals surface area contributed by atoms with Gasteiger partial charge in [-0.3, -0.25) is 0 Å². The number of hydrogen-bond acceptors (Lipinski definition) is 1. The van der Waals surface area contributed by atoms with E-state index < -0.39 is 0 Å². The summed E-state index contributed by atoms with van der Waals surface area (Å²) < 4.78 is 2.01. The summed E-state index contributed by atoms with van der Waals surface area (Å²) in [5.74, 6) is 1.82. The normalized spacial score (nSPS) is 19.2. The molecule has 0 unspecified atom stereocenters. The van der Waals surface area contributed by atoms with Crippen LogP contribution in [0, 0.1) is 0 Å². The largest absolute Gasteiger partial charge is 0.322 e. The Hall–Kier alpha value is -0.500. The van der Waals surface area contributed by atoms with Gasteiger partial charge < -0.3 is 4.57 Å². The first-order valence-corrected chi connectivity index (χ1v) is 5.34. The molecule has 1 fully saturated rings. The second-order valence-electron chi connectivity index (χ2n) is 3.83. The molecule has 0 bridgehead atoms. The zero-order chi connectivity index (χ0) is 9.26. The van der Waals surface area contributed by atoms with Crippen LogP contribution in [0.25, 0.3) is 0 Å². The molecule has 0 spiro atoms. The number of rotatable bonds is 1. The Morgan fingerprint density at radius 1 is 1.38 bits per heavy atom. The molecule has 2 nitrogen and oxygen atoms in total. The van der Waals surface area contributed by atoms with E-state index in [-0.39, 0.29) is 0 Å². The molecule has 0 N–H and O–H groups in total. The van der Waals surface area contributed by atoms with E-state index in [4.69, 9.17) is 11.6 Å². The number of nitrogens with zero attached hydrogens (tertiary/aromatic N) is 2. The Kier molecular flexibility index (Phi) is 2.58. The summed E-state index contributed by atoms with van der Waals surface area (Å²) in [6.45, 7) is 0. The van der Waals surface area contributed by atoms with Crippen molar-refractivity contribution in [1.29, 1.82) is 0 Å². The van der Waals surface area contributed by atoms with Crippen molar-refractivity contribution in [1.82, 2.24) is 9.55 Å². The third-order valence-corrected chi connectivity index (χ3v) is 3.29. The first-order valence-electron chi connectivity index (χ1n) is 4.96. The Bertz CT molecular complexity index is 287. The maximum atomic E-state index is 5.95. The number of halogens is 1. The van der Waals surface area contributed by atoms with E-state index >= 15 is 0 Å². The zero-order valence-electron chi connectivity index (χ0n) is 7.96. The maximum absolute atomic E-state index is 5.95. The molecular formula is C10H15ClN2. The third kappa shape index (κ3) is 1.73. The fraction of sp³-hybridized carbons (Fsp3) is 0.700. The molecule has 1 aliphatic rings. The van der Waals surface area contributed by atoms with Crippen LogP contribution in [-0.4, -0.2) is 9.55 Å². The van der Waals surface area contributed by atoms with Gasteiger partial charge in [0.25, 0.3) is 0 Å². The molecule has 1 saturated carbocycles. The summed E-state index contributed by atoms with van der Waals surface area (Å²) >= 11 is 5.95. The van der Waals surface area contributed by atoms with Gasteiger partial charge in [0.2, 0.25) is 0 Å².